The van der Waals surface area contributed by atoms with E-state index in [0.717, 1.165) is 11.3 Å². The van der Waals surface area contributed by atoms with Gasteiger partial charge in [0.1, 0.15) is 5.76 Å². The normalized spacial score (nSPS) is 12.3. The van der Waals surface area contributed by atoms with E-state index in [9.17, 15) is 4.79 Å². The molecule has 5 heteroatoms. The maximum absolute atomic E-state index is 11.4. The summed E-state index contributed by atoms with van der Waals surface area (Å²) in [7, 11) is 1.33. The van der Waals surface area contributed by atoms with Gasteiger partial charge in [0.15, 0.2) is 0 Å². The summed E-state index contributed by atoms with van der Waals surface area (Å²) in [6.07, 6.45) is 3.10. The number of carbonyl (C=O) groups is 1. The second-order valence-electron chi connectivity index (χ2n) is 3.88. The van der Waals surface area contributed by atoms with Crippen molar-refractivity contribution in [1.29, 1.82) is 0 Å². The van der Waals surface area contributed by atoms with E-state index in [4.69, 9.17) is 8.83 Å². The highest BCUT2D eigenvalue weighted by Crippen LogP contribution is 2.16. The van der Waals surface area contributed by atoms with Gasteiger partial charge in [0.2, 0.25) is 5.76 Å². The largest absolute Gasteiger partial charge is 0.468 e. The molecule has 0 unspecified atom stereocenters. The fraction of sp³-hybridized carbons (Fsp3) is 0.308. The Labute approximate surface area is 105 Å². The van der Waals surface area contributed by atoms with Crippen molar-refractivity contribution in [2.24, 2.45) is 0 Å². The lowest BCUT2D eigenvalue weighted by Gasteiger charge is -2.10. The van der Waals surface area contributed by atoms with E-state index in [-0.39, 0.29) is 11.8 Å². The van der Waals surface area contributed by atoms with Gasteiger partial charge in [-0.05, 0) is 25.1 Å². The molecule has 5 nitrogen and oxygen atoms in total. The maximum atomic E-state index is 11.4. The van der Waals surface area contributed by atoms with Crippen LogP contribution < -0.4 is 5.32 Å². The number of hydrogen-bond acceptors (Lipinski definition) is 5. The molecule has 96 valence electrons. The fourth-order valence-electron chi connectivity index (χ4n) is 1.65. The van der Waals surface area contributed by atoms with Crippen molar-refractivity contribution in [2.75, 3.05) is 7.11 Å². The summed E-state index contributed by atoms with van der Waals surface area (Å²) >= 11 is 0. The predicted octanol–water partition coefficient (Wildman–Crippen LogP) is 2.51. The van der Waals surface area contributed by atoms with Crippen LogP contribution in [0.25, 0.3) is 0 Å². The number of hydrogen-bond donors (Lipinski definition) is 1. The van der Waals surface area contributed by atoms with Crippen molar-refractivity contribution in [1.82, 2.24) is 5.32 Å². The molecule has 2 rings (SSSR count). The van der Waals surface area contributed by atoms with E-state index in [1.165, 1.54) is 13.4 Å². The third kappa shape index (κ3) is 2.62. The molecule has 0 bridgehead atoms. The molecule has 2 aromatic rings. The molecule has 0 amide bonds. The van der Waals surface area contributed by atoms with Crippen LogP contribution >= 0.6 is 0 Å². The van der Waals surface area contributed by atoms with Gasteiger partial charge < -0.3 is 18.9 Å². The van der Waals surface area contributed by atoms with Crippen molar-refractivity contribution in [3.05, 3.63) is 47.8 Å². The van der Waals surface area contributed by atoms with Crippen molar-refractivity contribution >= 4 is 5.97 Å². The molecular formula is C13H15NO4. The average molecular weight is 249 g/mol. The molecule has 0 aliphatic heterocycles. The average Bonchev–Trinajstić information content (AvgIpc) is 3.05. The zero-order valence-electron chi connectivity index (χ0n) is 10.3. The number of rotatable bonds is 5. The number of esters is 1. The summed E-state index contributed by atoms with van der Waals surface area (Å²) in [6.45, 7) is 2.49. The molecule has 0 aromatic carbocycles. The number of methoxy groups -OCH3 is 1. The Morgan fingerprint density at radius 1 is 1.39 bits per heavy atom. The number of furan rings is 2. The van der Waals surface area contributed by atoms with E-state index in [1.807, 2.05) is 19.1 Å². The summed E-state index contributed by atoms with van der Waals surface area (Å²) in [5, 5.41) is 3.25. The molecule has 0 fully saturated rings. The highest BCUT2D eigenvalue weighted by Gasteiger charge is 2.16. The zero-order chi connectivity index (χ0) is 13.0. The smallest absolute Gasteiger partial charge is 0.374 e. The Bertz CT molecular complexity index is 501. The van der Waals surface area contributed by atoms with Crippen LogP contribution in [0.1, 0.15) is 34.8 Å². The summed E-state index contributed by atoms with van der Waals surface area (Å²) in [4.78, 5) is 11.4. The van der Waals surface area contributed by atoms with Gasteiger partial charge in [-0.3, -0.25) is 0 Å². The second-order valence-corrected chi connectivity index (χ2v) is 3.88. The Hall–Kier alpha value is -2.01. The quantitative estimate of drug-likeness (QED) is 0.825. The Kier molecular flexibility index (Phi) is 3.84. The standard InChI is InChI=1S/C13H15NO4/c1-9(11-4-3-6-17-11)14-8-10-5-7-18-12(10)13(15)16-2/h3-7,9,14H,8H2,1-2H3/t9-/m1/s1. The molecule has 0 aliphatic rings. The van der Waals surface area contributed by atoms with E-state index < -0.39 is 5.97 Å². The van der Waals surface area contributed by atoms with Gasteiger partial charge in [-0.2, -0.15) is 0 Å². The zero-order valence-corrected chi connectivity index (χ0v) is 10.3. The molecule has 0 saturated carbocycles. The SMILES string of the molecule is COC(=O)c1occc1CN[C@H](C)c1ccco1. The second kappa shape index (κ2) is 5.55. The topological polar surface area (TPSA) is 64.6 Å². The maximum Gasteiger partial charge on any atom is 0.374 e. The first kappa shape index (κ1) is 12.4. The van der Waals surface area contributed by atoms with E-state index in [0.29, 0.717) is 6.54 Å². The molecule has 0 radical (unpaired) electrons. The molecular weight excluding hydrogens is 234 g/mol. The third-order valence-corrected chi connectivity index (χ3v) is 2.69. The third-order valence-electron chi connectivity index (χ3n) is 2.69. The van der Waals surface area contributed by atoms with Gasteiger partial charge in [0.25, 0.3) is 0 Å². The van der Waals surface area contributed by atoms with Gasteiger partial charge in [-0.1, -0.05) is 0 Å². The first-order chi connectivity index (χ1) is 8.72. The monoisotopic (exact) mass is 249 g/mol. The number of carbonyl (C=O) groups excluding carboxylic acids is 1. The summed E-state index contributed by atoms with van der Waals surface area (Å²) in [5.74, 6) is 0.609. The van der Waals surface area contributed by atoms with Crippen LogP contribution in [0, 0.1) is 0 Å². The van der Waals surface area contributed by atoms with E-state index in [1.54, 1.807) is 12.3 Å². The van der Waals surface area contributed by atoms with Crippen LogP contribution in [0.3, 0.4) is 0 Å². The minimum absolute atomic E-state index is 0.0559. The lowest BCUT2D eigenvalue weighted by molar-refractivity contribution is 0.0563. The Morgan fingerprint density at radius 3 is 2.89 bits per heavy atom. The molecule has 18 heavy (non-hydrogen) atoms. The molecule has 0 spiro atoms. The van der Waals surface area contributed by atoms with Crippen molar-refractivity contribution in [2.45, 2.75) is 19.5 Å². The van der Waals surface area contributed by atoms with Gasteiger partial charge in [0.05, 0.1) is 25.7 Å². The molecule has 1 N–H and O–H groups in total. The first-order valence-corrected chi connectivity index (χ1v) is 5.64. The fourth-order valence-corrected chi connectivity index (χ4v) is 1.65. The minimum atomic E-state index is -0.470. The first-order valence-electron chi connectivity index (χ1n) is 5.64. The van der Waals surface area contributed by atoms with Crippen LogP contribution in [-0.2, 0) is 11.3 Å². The van der Waals surface area contributed by atoms with Crippen LogP contribution in [0.2, 0.25) is 0 Å². The summed E-state index contributed by atoms with van der Waals surface area (Å²) < 4.78 is 15.0. The van der Waals surface area contributed by atoms with Gasteiger partial charge in [0, 0.05) is 12.1 Å². The van der Waals surface area contributed by atoms with Crippen molar-refractivity contribution < 1.29 is 18.4 Å². The molecule has 1 atom stereocenters. The lowest BCUT2D eigenvalue weighted by atomic mass is 10.2. The van der Waals surface area contributed by atoms with Crippen LogP contribution in [0.15, 0.2) is 39.6 Å². The highest BCUT2D eigenvalue weighted by atomic mass is 16.5. The number of ether oxygens (including phenoxy) is 1. The number of nitrogens with one attached hydrogen (secondary N) is 1. The Balaban J connectivity index is 1.98. The van der Waals surface area contributed by atoms with E-state index in [2.05, 4.69) is 10.1 Å². The van der Waals surface area contributed by atoms with Crippen LogP contribution in [-0.4, -0.2) is 13.1 Å². The van der Waals surface area contributed by atoms with Crippen LogP contribution in [0.4, 0.5) is 0 Å². The van der Waals surface area contributed by atoms with Crippen molar-refractivity contribution in [3.63, 3.8) is 0 Å². The molecule has 2 aromatic heterocycles. The van der Waals surface area contributed by atoms with E-state index >= 15 is 0 Å². The van der Waals surface area contributed by atoms with Crippen LogP contribution in [0.5, 0.6) is 0 Å². The molecule has 2 heterocycles. The summed E-state index contributed by atoms with van der Waals surface area (Å²) in [6, 6.07) is 5.54. The lowest BCUT2D eigenvalue weighted by Crippen LogP contribution is -2.18. The van der Waals surface area contributed by atoms with Gasteiger partial charge in [-0.15, -0.1) is 0 Å². The Morgan fingerprint density at radius 2 is 2.22 bits per heavy atom. The highest BCUT2D eigenvalue weighted by molar-refractivity contribution is 5.87. The van der Waals surface area contributed by atoms with Gasteiger partial charge >= 0.3 is 5.97 Å². The molecule has 0 saturated heterocycles. The molecule has 0 aliphatic carbocycles. The van der Waals surface area contributed by atoms with Gasteiger partial charge in [-0.25, -0.2) is 4.79 Å². The predicted molar refractivity (Wildman–Crippen MR) is 64.0 cm³/mol. The summed E-state index contributed by atoms with van der Waals surface area (Å²) in [5.41, 5.74) is 0.764. The van der Waals surface area contributed by atoms with Crippen molar-refractivity contribution in [3.8, 4) is 0 Å². The minimum Gasteiger partial charge on any atom is -0.468 e.